The van der Waals surface area contributed by atoms with E-state index >= 15 is 0 Å². The zero-order valence-corrected chi connectivity index (χ0v) is 12.6. The SMILES string of the molecule is CC(C)(C)OC(=O)N(CC(=O)c1ccccc1F)C1CC1. The second-order valence-electron chi connectivity index (χ2n) is 6.24. The van der Waals surface area contributed by atoms with Gasteiger partial charge in [0, 0.05) is 6.04 Å². The van der Waals surface area contributed by atoms with E-state index in [2.05, 4.69) is 0 Å². The molecule has 0 atom stereocenters. The van der Waals surface area contributed by atoms with Crippen molar-refractivity contribution in [2.24, 2.45) is 0 Å². The van der Waals surface area contributed by atoms with Crippen LogP contribution in [0, 0.1) is 5.82 Å². The Kier molecular flexibility index (Phi) is 4.30. The second kappa shape index (κ2) is 5.84. The van der Waals surface area contributed by atoms with Crippen LogP contribution in [0.3, 0.4) is 0 Å². The van der Waals surface area contributed by atoms with E-state index in [0.29, 0.717) is 0 Å². The Balaban J connectivity index is 2.08. The summed E-state index contributed by atoms with van der Waals surface area (Å²) in [6, 6.07) is 5.82. The van der Waals surface area contributed by atoms with Gasteiger partial charge >= 0.3 is 6.09 Å². The highest BCUT2D eigenvalue weighted by atomic mass is 19.1. The van der Waals surface area contributed by atoms with Gasteiger partial charge in [0.25, 0.3) is 0 Å². The number of amides is 1. The number of halogens is 1. The van der Waals surface area contributed by atoms with Crippen molar-refractivity contribution >= 4 is 11.9 Å². The van der Waals surface area contributed by atoms with E-state index in [0.717, 1.165) is 12.8 Å². The first-order valence-corrected chi connectivity index (χ1v) is 7.05. The van der Waals surface area contributed by atoms with Gasteiger partial charge in [0.05, 0.1) is 12.1 Å². The molecule has 5 heteroatoms. The van der Waals surface area contributed by atoms with E-state index in [1.807, 2.05) is 0 Å². The Morgan fingerprint density at radius 2 is 1.90 bits per heavy atom. The summed E-state index contributed by atoms with van der Waals surface area (Å²) in [6.45, 7) is 5.17. The summed E-state index contributed by atoms with van der Waals surface area (Å²) in [6.07, 6.45) is 1.18. The zero-order valence-electron chi connectivity index (χ0n) is 12.6. The number of rotatable bonds is 4. The number of nitrogens with zero attached hydrogens (tertiary/aromatic N) is 1. The summed E-state index contributed by atoms with van der Waals surface area (Å²) in [5.41, 5.74) is -0.614. The van der Waals surface area contributed by atoms with Gasteiger partial charge in [-0.05, 0) is 45.7 Å². The van der Waals surface area contributed by atoms with Crippen LogP contribution >= 0.6 is 0 Å². The molecule has 1 aliphatic rings. The molecule has 1 amide bonds. The molecule has 114 valence electrons. The fourth-order valence-corrected chi connectivity index (χ4v) is 1.98. The summed E-state index contributed by atoms with van der Waals surface area (Å²) in [4.78, 5) is 25.7. The molecular formula is C16H20FNO3. The summed E-state index contributed by atoms with van der Waals surface area (Å²) < 4.78 is 18.9. The van der Waals surface area contributed by atoms with Crippen molar-refractivity contribution in [2.75, 3.05) is 6.54 Å². The largest absolute Gasteiger partial charge is 0.444 e. The first-order chi connectivity index (χ1) is 9.78. The molecule has 0 unspecified atom stereocenters. The van der Waals surface area contributed by atoms with Crippen LogP contribution in [0.4, 0.5) is 9.18 Å². The minimum atomic E-state index is -0.620. The number of hydrogen-bond acceptors (Lipinski definition) is 3. The van der Waals surface area contributed by atoms with Crippen molar-refractivity contribution in [3.63, 3.8) is 0 Å². The van der Waals surface area contributed by atoms with Gasteiger partial charge in [0.1, 0.15) is 11.4 Å². The van der Waals surface area contributed by atoms with Crippen molar-refractivity contribution in [1.29, 1.82) is 0 Å². The maximum absolute atomic E-state index is 13.6. The standard InChI is InChI=1S/C16H20FNO3/c1-16(2,3)21-15(20)18(11-8-9-11)10-14(19)12-6-4-5-7-13(12)17/h4-7,11H,8-10H2,1-3H3. The number of Topliss-reactive ketones (excluding diaryl/α,β-unsaturated/α-hetero) is 1. The average molecular weight is 293 g/mol. The Morgan fingerprint density at radius 3 is 2.43 bits per heavy atom. The van der Waals surface area contributed by atoms with Gasteiger partial charge in [-0.1, -0.05) is 12.1 Å². The van der Waals surface area contributed by atoms with Crippen LogP contribution in [0.25, 0.3) is 0 Å². The van der Waals surface area contributed by atoms with Crippen LogP contribution in [0.2, 0.25) is 0 Å². The molecule has 0 bridgehead atoms. The quantitative estimate of drug-likeness (QED) is 0.799. The number of carbonyl (C=O) groups is 2. The molecule has 2 rings (SSSR count). The van der Waals surface area contributed by atoms with Gasteiger partial charge < -0.3 is 4.74 Å². The molecule has 1 fully saturated rings. The maximum atomic E-state index is 13.6. The van der Waals surface area contributed by atoms with E-state index in [4.69, 9.17) is 4.74 Å². The molecular weight excluding hydrogens is 273 g/mol. The van der Waals surface area contributed by atoms with Crippen molar-refractivity contribution in [3.05, 3.63) is 35.6 Å². The first-order valence-electron chi connectivity index (χ1n) is 7.05. The van der Waals surface area contributed by atoms with Crippen molar-refractivity contribution in [1.82, 2.24) is 4.90 Å². The molecule has 1 aromatic rings. The smallest absolute Gasteiger partial charge is 0.410 e. The lowest BCUT2D eigenvalue weighted by Crippen LogP contribution is -2.41. The lowest BCUT2D eigenvalue weighted by Gasteiger charge is -2.27. The van der Waals surface area contributed by atoms with Gasteiger partial charge in [-0.3, -0.25) is 9.69 Å². The van der Waals surface area contributed by atoms with Crippen molar-refractivity contribution < 1.29 is 18.7 Å². The van der Waals surface area contributed by atoms with Crippen LogP contribution < -0.4 is 0 Å². The molecule has 0 heterocycles. The predicted octanol–water partition coefficient (Wildman–Crippen LogP) is 3.41. The van der Waals surface area contributed by atoms with Crippen LogP contribution in [-0.2, 0) is 4.74 Å². The van der Waals surface area contributed by atoms with Gasteiger partial charge in [0.2, 0.25) is 0 Å². The number of benzene rings is 1. The van der Waals surface area contributed by atoms with Gasteiger partial charge in [0.15, 0.2) is 5.78 Å². The molecule has 0 aromatic heterocycles. The molecule has 21 heavy (non-hydrogen) atoms. The van der Waals surface area contributed by atoms with E-state index in [9.17, 15) is 14.0 Å². The minimum absolute atomic E-state index is 0.00621. The second-order valence-corrected chi connectivity index (χ2v) is 6.24. The van der Waals surface area contributed by atoms with Crippen LogP contribution in [-0.4, -0.2) is 35.0 Å². The van der Waals surface area contributed by atoms with Crippen LogP contribution in [0.1, 0.15) is 44.0 Å². The number of ether oxygens (including phenoxy) is 1. The summed E-state index contributed by atoms with van der Waals surface area (Å²) in [7, 11) is 0. The first kappa shape index (κ1) is 15.5. The van der Waals surface area contributed by atoms with E-state index in [1.165, 1.54) is 23.1 Å². The van der Waals surface area contributed by atoms with Gasteiger partial charge in [-0.15, -0.1) is 0 Å². The average Bonchev–Trinajstić information content (AvgIpc) is 3.18. The van der Waals surface area contributed by atoms with E-state index in [-0.39, 0.29) is 18.2 Å². The fourth-order valence-electron chi connectivity index (χ4n) is 1.98. The number of carbonyl (C=O) groups excluding carboxylic acids is 2. The minimum Gasteiger partial charge on any atom is -0.444 e. The van der Waals surface area contributed by atoms with Crippen molar-refractivity contribution in [2.45, 2.75) is 45.3 Å². The Morgan fingerprint density at radius 1 is 1.29 bits per heavy atom. The number of ketones is 1. The summed E-state index contributed by atoms with van der Waals surface area (Å²) in [5.74, 6) is -0.978. The Hall–Kier alpha value is -1.91. The monoisotopic (exact) mass is 293 g/mol. The molecule has 4 nitrogen and oxygen atoms in total. The van der Waals surface area contributed by atoms with Crippen molar-refractivity contribution in [3.8, 4) is 0 Å². The third-order valence-corrected chi connectivity index (χ3v) is 3.10. The van der Waals surface area contributed by atoms with E-state index < -0.39 is 23.3 Å². The molecule has 0 N–H and O–H groups in total. The Labute approximate surface area is 123 Å². The van der Waals surface area contributed by atoms with Crippen LogP contribution in [0.15, 0.2) is 24.3 Å². The van der Waals surface area contributed by atoms with Gasteiger partial charge in [-0.25, -0.2) is 9.18 Å². The lowest BCUT2D eigenvalue weighted by molar-refractivity contribution is 0.0231. The third kappa shape index (κ3) is 4.28. The molecule has 0 saturated heterocycles. The predicted molar refractivity (Wildman–Crippen MR) is 76.7 cm³/mol. The fraction of sp³-hybridized carbons (Fsp3) is 0.500. The third-order valence-electron chi connectivity index (χ3n) is 3.10. The molecule has 1 aliphatic carbocycles. The molecule has 1 aromatic carbocycles. The lowest BCUT2D eigenvalue weighted by atomic mass is 10.1. The molecule has 1 saturated carbocycles. The topological polar surface area (TPSA) is 46.6 Å². The maximum Gasteiger partial charge on any atom is 0.410 e. The molecule has 0 aliphatic heterocycles. The highest BCUT2D eigenvalue weighted by Gasteiger charge is 2.36. The normalized spacial score (nSPS) is 14.7. The summed E-state index contributed by atoms with van der Waals surface area (Å²) in [5, 5.41) is 0. The van der Waals surface area contributed by atoms with Crippen LogP contribution in [0.5, 0.6) is 0 Å². The Bertz CT molecular complexity index is 547. The highest BCUT2D eigenvalue weighted by molar-refractivity contribution is 5.99. The van der Waals surface area contributed by atoms with E-state index in [1.54, 1.807) is 26.8 Å². The number of hydrogen-bond donors (Lipinski definition) is 0. The van der Waals surface area contributed by atoms with Gasteiger partial charge in [-0.2, -0.15) is 0 Å². The molecule has 0 radical (unpaired) electrons. The zero-order chi connectivity index (χ0) is 15.6. The molecule has 0 spiro atoms. The summed E-state index contributed by atoms with van der Waals surface area (Å²) >= 11 is 0. The highest BCUT2D eigenvalue weighted by Crippen LogP contribution is 2.28.